The van der Waals surface area contributed by atoms with Gasteiger partial charge in [0.2, 0.25) is 0 Å². The average Bonchev–Trinajstić information content (AvgIpc) is 3.69. The number of aromatic nitrogens is 2. The summed E-state index contributed by atoms with van der Waals surface area (Å²) >= 11 is 0. The molecule has 0 aliphatic heterocycles. The van der Waals surface area contributed by atoms with E-state index in [0.717, 1.165) is 49.9 Å². The van der Waals surface area contributed by atoms with E-state index in [1.165, 1.54) is 21.8 Å². The largest absolute Gasteiger partial charge is 0.383 e. The van der Waals surface area contributed by atoms with Crippen LogP contribution in [0.25, 0.3) is 55.0 Å². The zero-order chi connectivity index (χ0) is 33.4. The minimum Gasteiger partial charge on any atom is -0.383 e. The van der Waals surface area contributed by atoms with Crippen LogP contribution in [-0.2, 0) is 6.54 Å². The highest BCUT2D eigenvalue weighted by Crippen LogP contribution is 2.37. The Hall–Kier alpha value is -6.72. The Labute approximate surface area is 289 Å². The van der Waals surface area contributed by atoms with Crippen molar-refractivity contribution in [3.63, 3.8) is 0 Å². The molecule has 0 amide bonds. The van der Waals surface area contributed by atoms with E-state index in [2.05, 4.69) is 137 Å². The number of rotatable bonds is 6. The number of nitrogens with zero attached hydrogens (tertiary/aromatic N) is 4. The fourth-order valence-corrected chi connectivity index (χ4v) is 7.07. The first kappa shape index (κ1) is 29.4. The molecule has 0 bridgehead atoms. The third-order valence-corrected chi connectivity index (χ3v) is 9.41. The van der Waals surface area contributed by atoms with Crippen LogP contribution in [0.1, 0.15) is 16.7 Å². The van der Waals surface area contributed by atoms with Crippen molar-refractivity contribution in [3.05, 3.63) is 193 Å². The molecule has 0 unspecified atom stereocenters. The van der Waals surface area contributed by atoms with E-state index in [0.29, 0.717) is 18.2 Å². The Kier molecular flexibility index (Phi) is 7.29. The van der Waals surface area contributed by atoms with Crippen molar-refractivity contribution in [2.24, 2.45) is 15.7 Å². The summed E-state index contributed by atoms with van der Waals surface area (Å²) in [6.45, 7) is 0.517. The van der Waals surface area contributed by atoms with E-state index >= 15 is 0 Å². The van der Waals surface area contributed by atoms with E-state index in [1.807, 2.05) is 48.5 Å². The first-order valence-corrected chi connectivity index (χ1v) is 16.8. The van der Waals surface area contributed by atoms with Gasteiger partial charge in [0.25, 0.3) is 0 Å². The molecule has 9 aromatic rings. The van der Waals surface area contributed by atoms with E-state index in [-0.39, 0.29) is 0 Å². The summed E-state index contributed by atoms with van der Waals surface area (Å²) in [6.07, 6.45) is 0. The first-order chi connectivity index (χ1) is 24.7. The second kappa shape index (κ2) is 12.4. The SMILES string of the molecule is NC(=NC(=NCc1ccccc1)c1ccccc1)c1ccc2c(c1)c1ccccc1n2-c1ccc2c(c1)c1ccccc1n2-c1ccccc1. The number of para-hydroxylation sites is 3. The number of fused-ring (bicyclic) bond motifs is 6. The monoisotopic (exact) mass is 643 g/mol. The molecule has 0 aliphatic carbocycles. The Morgan fingerprint density at radius 3 is 1.64 bits per heavy atom. The summed E-state index contributed by atoms with van der Waals surface area (Å²) in [7, 11) is 0. The summed E-state index contributed by atoms with van der Waals surface area (Å²) < 4.78 is 4.70. The highest BCUT2D eigenvalue weighted by molar-refractivity contribution is 6.16. The van der Waals surface area contributed by atoms with Gasteiger partial charge in [0.05, 0.1) is 28.6 Å². The number of hydrogen-bond acceptors (Lipinski definition) is 1. The highest BCUT2D eigenvalue weighted by atomic mass is 15.0. The minimum absolute atomic E-state index is 0.425. The molecule has 0 fully saturated rings. The molecule has 0 saturated heterocycles. The zero-order valence-electron chi connectivity index (χ0n) is 27.3. The third kappa shape index (κ3) is 5.13. The van der Waals surface area contributed by atoms with Gasteiger partial charge in [-0.15, -0.1) is 0 Å². The molecular formula is C45H33N5. The van der Waals surface area contributed by atoms with Crippen molar-refractivity contribution in [2.75, 3.05) is 0 Å². The molecule has 2 aromatic heterocycles. The van der Waals surface area contributed by atoms with Crippen molar-refractivity contribution in [3.8, 4) is 11.4 Å². The van der Waals surface area contributed by atoms with Crippen LogP contribution < -0.4 is 5.73 Å². The van der Waals surface area contributed by atoms with E-state index in [9.17, 15) is 0 Å². The molecular weight excluding hydrogens is 611 g/mol. The normalized spacial score (nSPS) is 12.4. The maximum Gasteiger partial charge on any atom is 0.157 e. The molecule has 0 saturated carbocycles. The number of benzene rings is 7. The standard InChI is InChI=1S/C45H33N5/c46-44(48-45(32-16-6-2-7-17-32)47-30-31-14-4-1-5-15-31)33-24-26-42-38(28-33)36-20-10-13-23-41(36)50(42)35-25-27-43-39(29-35)37-21-11-12-22-40(37)49(43)34-18-8-3-9-19-34/h1-29H,30H2,(H2,46,47,48). The smallest absolute Gasteiger partial charge is 0.157 e. The Morgan fingerprint density at radius 1 is 0.440 bits per heavy atom. The van der Waals surface area contributed by atoms with Crippen LogP contribution in [0, 0.1) is 0 Å². The summed E-state index contributed by atoms with van der Waals surface area (Å²) in [5, 5.41) is 4.71. The fourth-order valence-electron chi connectivity index (χ4n) is 7.07. The van der Waals surface area contributed by atoms with Gasteiger partial charge in [-0.05, 0) is 66.2 Å². The van der Waals surface area contributed by atoms with Gasteiger partial charge < -0.3 is 14.9 Å². The Bertz CT molecular complexity index is 2720. The number of aliphatic imine (C=N–C) groups is 2. The molecule has 50 heavy (non-hydrogen) atoms. The lowest BCUT2D eigenvalue weighted by atomic mass is 10.1. The lowest BCUT2D eigenvalue weighted by molar-refractivity contribution is 1.06. The zero-order valence-corrected chi connectivity index (χ0v) is 27.3. The van der Waals surface area contributed by atoms with Gasteiger partial charge in [-0.3, -0.25) is 4.99 Å². The molecule has 5 nitrogen and oxygen atoms in total. The Morgan fingerprint density at radius 2 is 0.960 bits per heavy atom. The van der Waals surface area contributed by atoms with Crippen molar-refractivity contribution < 1.29 is 0 Å². The van der Waals surface area contributed by atoms with Crippen LogP contribution >= 0.6 is 0 Å². The number of hydrogen-bond donors (Lipinski definition) is 1. The van der Waals surface area contributed by atoms with Crippen molar-refractivity contribution in [2.45, 2.75) is 6.54 Å². The number of nitrogens with two attached hydrogens (primary N) is 1. The van der Waals surface area contributed by atoms with Crippen LogP contribution in [0.2, 0.25) is 0 Å². The van der Waals surface area contributed by atoms with E-state index in [1.54, 1.807) is 0 Å². The molecule has 2 heterocycles. The third-order valence-electron chi connectivity index (χ3n) is 9.41. The van der Waals surface area contributed by atoms with Crippen LogP contribution in [0.5, 0.6) is 0 Å². The summed E-state index contributed by atoms with van der Waals surface area (Å²) in [6, 6.07) is 61.2. The van der Waals surface area contributed by atoms with E-state index < -0.39 is 0 Å². The van der Waals surface area contributed by atoms with Gasteiger partial charge in [-0.2, -0.15) is 0 Å². The van der Waals surface area contributed by atoms with Crippen LogP contribution in [-0.4, -0.2) is 20.8 Å². The maximum absolute atomic E-state index is 6.78. The van der Waals surface area contributed by atoms with Crippen molar-refractivity contribution in [1.29, 1.82) is 0 Å². The van der Waals surface area contributed by atoms with Gasteiger partial charge >= 0.3 is 0 Å². The summed E-state index contributed by atoms with van der Waals surface area (Å²) in [4.78, 5) is 9.81. The molecule has 2 N–H and O–H groups in total. The maximum atomic E-state index is 6.78. The van der Waals surface area contributed by atoms with Crippen LogP contribution in [0.15, 0.2) is 186 Å². The van der Waals surface area contributed by atoms with Gasteiger partial charge in [0.15, 0.2) is 5.84 Å². The molecule has 0 spiro atoms. The van der Waals surface area contributed by atoms with Gasteiger partial charge in [0, 0.05) is 44.0 Å². The van der Waals surface area contributed by atoms with E-state index in [4.69, 9.17) is 15.7 Å². The second-order valence-corrected chi connectivity index (χ2v) is 12.5. The van der Waals surface area contributed by atoms with Crippen LogP contribution in [0.4, 0.5) is 0 Å². The van der Waals surface area contributed by atoms with Crippen molar-refractivity contribution in [1.82, 2.24) is 9.13 Å². The van der Waals surface area contributed by atoms with Gasteiger partial charge in [0.1, 0.15) is 5.84 Å². The Balaban J connectivity index is 1.18. The molecule has 238 valence electrons. The quantitative estimate of drug-likeness (QED) is 0.142. The summed E-state index contributed by atoms with van der Waals surface area (Å²) in [5.74, 6) is 1.03. The lowest BCUT2D eigenvalue weighted by Crippen LogP contribution is -2.16. The highest BCUT2D eigenvalue weighted by Gasteiger charge is 2.17. The molecule has 0 radical (unpaired) electrons. The molecule has 5 heteroatoms. The van der Waals surface area contributed by atoms with Crippen molar-refractivity contribution >= 4 is 55.3 Å². The number of amidine groups is 2. The topological polar surface area (TPSA) is 60.6 Å². The fraction of sp³-hybridized carbons (Fsp3) is 0.0222. The predicted molar refractivity (Wildman–Crippen MR) is 209 cm³/mol. The lowest BCUT2D eigenvalue weighted by Gasteiger charge is -2.10. The molecule has 0 aliphatic rings. The van der Waals surface area contributed by atoms with Gasteiger partial charge in [-0.25, -0.2) is 4.99 Å². The predicted octanol–water partition coefficient (Wildman–Crippen LogP) is 10.2. The van der Waals surface area contributed by atoms with Gasteiger partial charge in [-0.1, -0.05) is 115 Å². The molecule has 9 rings (SSSR count). The minimum atomic E-state index is 0.425. The summed E-state index contributed by atoms with van der Waals surface area (Å²) in [5.41, 5.74) is 16.5. The second-order valence-electron chi connectivity index (χ2n) is 12.5. The van der Waals surface area contributed by atoms with Crippen LogP contribution in [0.3, 0.4) is 0 Å². The molecule has 7 aromatic carbocycles. The molecule has 0 atom stereocenters. The average molecular weight is 644 g/mol. The first-order valence-electron chi connectivity index (χ1n) is 16.8.